The van der Waals surface area contributed by atoms with E-state index in [-0.39, 0.29) is 0 Å². The summed E-state index contributed by atoms with van der Waals surface area (Å²) in [6, 6.07) is 89.7. The van der Waals surface area contributed by atoms with Gasteiger partial charge in [0, 0.05) is 32.9 Å². The molecule has 0 spiro atoms. The summed E-state index contributed by atoms with van der Waals surface area (Å²) in [5, 5.41) is 5.03. The van der Waals surface area contributed by atoms with Gasteiger partial charge in [0.1, 0.15) is 0 Å². The van der Waals surface area contributed by atoms with Crippen molar-refractivity contribution in [2.24, 2.45) is 0 Å². The normalized spacial score (nSPS) is 12.9. The van der Waals surface area contributed by atoms with Crippen LogP contribution in [0.25, 0.3) is 77.2 Å². The van der Waals surface area contributed by atoms with Gasteiger partial charge in [-0.2, -0.15) is 0 Å². The van der Waals surface area contributed by atoms with Crippen LogP contribution in [0.5, 0.6) is 0 Å². The lowest BCUT2D eigenvalue weighted by Crippen LogP contribution is -2.29. The van der Waals surface area contributed by atoms with Crippen molar-refractivity contribution in [3.8, 4) is 33.6 Å². The van der Waals surface area contributed by atoms with Crippen LogP contribution in [0.4, 0.5) is 0 Å². The van der Waals surface area contributed by atoms with Crippen molar-refractivity contribution in [3.63, 3.8) is 0 Å². The second-order valence-corrected chi connectivity index (χ2v) is 17.2. The summed E-state index contributed by atoms with van der Waals surface area (Å²) in [4.78, 5) is 0. The molecule has 0 N–H and O–H groups in total. The molecule has 10 aromatic carbocycles. The van der Waals surface area contributed by atoms with Crippen molar-refractivity contribution >= 4 is 43.6 Å². The molecule has 1 aliphatic carbocycles. The van der Waals surface area contributed by atoms with E-state index in [9.17, 15) is 0 Å². The van der Waals surface area contributed by atoms with Crippen molar-refractivity contribution < 1.29 is 0 Å². The Labute approximate surface area is 372 Å². The summed E-state index contributed by atoms with van der Waals surface area (Å²) in [6.45, 7) is 0. The van der Waals surface area contributed by atoms with Crippen LogP contribution in [0.15, 0.2) is 243 Å². The zero-order chi connectivity index (χ0) is 42.2. The second-order valence-electron chi connectivity index (χ2n) is 17.2. The summed E-state index contributed by atoms with van der Waals surface area (Å²) >= 11 is 0. The van der Waals surface area contributed by atoms with E-state index in [1.54, 1.807) is 0 Å². The number of hydrogen-bond donors (Lipinski definition) is 0. The predicted molar refractivity (Wildman–Crippen MR) is 267 cm³/mol. The molecular formula is C62H42N2. The first-order valence-electron chi connectivity index (χ1n) is 22.3. The van der Waals surface area contributed by atoms with Crippen LogP contribution < -0.4 is 0 Å². The fourth-order valence-corrected chi connectivity index (χ4v) is 11.2. The molecule has 300 valence electrons. The van der Waals surface area contributed by atoms with E-state index >= 15 is 0 Å². The summed E-state index contributed by atoms with van der Waals surface area (Å²) in [5.74, 6) is 0. The first-order valence-corrected chi connectivity index (χ1v) is 22.3. The molecule has 2 heteroatoms. The SMILES string of the molecule is c1ccc(-n2c3ccccc3c3cc(-c4ccc5c(c4)c4ccccc4n5-c4ccc(Cc5cccc6c5C(c5ccccc5)(c5ccccc5)c5ccccc5-6)cc4)ccc32)cc1. The molecule has 2 nitrogen and oxygen atoms in total. The highest BCUT2D eigenvalue weighted by atomic mass is 15.0. The Bertz CT molecular complexity index is 3690. The highest BCUT2D eigenvalue weighted by Gasteiger charge is 2.47. The Hall–Kier alpha value is -8.20. The van der Waals surface area contributed by atoms with E-state index in [0.29, 0.717) is 0 Å². The van der Waals surface area contributed by atoms with Gasteiger partial charge in [0.15, 0.2) is 0 Å². The maximum Gasteiger partial charge on any atom is 0.0716 e. The molecule has 0 radical (unpaired) electrons. The van der Waals surface area contributed by atoms with Gasteiger partial charge in [0.05, 0.1) is 27.5 Å². The monoisotopic (exact) mass is 814 g/mol. The van der Waals surface area contributed by atoms with E-state index in [1.165, 1.54) is 105 Å². The third kappa shape index (κ3) is 5.39. The minimum Gasteiger partial charge on any atom is -0.309 e. The summed E-state index contributed by atoms with van der Waals surface area (Å²) in [6.07, 6.45) is 0.823. The lowest BCUT2D eigenvalue weighted by atomic mass is 9.66. The number of rotatable bonds is 7. The zero-order valence-corrected chi connectivity index (χ0v) is 35.2. The van der Waals surface area contributed by atoms with E-state index < -0.39 is 5.41 Å². The van der Waals surface area contributed by atoms with Crippen molar-refractivity contribution in [1.82, 2.24) is 9.13 Å². The van der Waals surface area contributed by atoms with Crippen molar-refractivity contribution in [2.45, 2.75) is 11.8 Å². The third-order valence-corrected chi connectivity index (χ3v) is 13.8. The molecule has 0 amide bonds. The Balaban J connectivity index is 0.898. The zero-order valence-electron chi connectivity index (χ0n) is 35.2. The molecule has 64 heavy (non-hydrogen) atoms. The van der Waals surface area contributed by atoms with Gasteiger partial charge in [0.25, 0.3) is 0 Å². The van der Waals surface area contributed by atoms with Crippen LogP contribution in [0.2, 0.25) is 0 Å². The first kappa shape index (κ1) is 36.5. The van der Waals surface area contributed by atoms with Gasteiger partial charge in [-0.15, -0.1) is 0 Å². The summed E-state index contributed by atoms with van der Waals surface area (Å²) in [5.41, 5.74) is 19.8. The molecule has 0 bridgehead atoms. The van der Waals surface area contributed by atoms with E-state index in [4.69, 9.17) is 0 Å². The van der Waals surface area contributed by atoms with Gasteiger partial charge in [-0.25, -0.2) is 0 Å². The minimum absolute atomic E-state index is 0.431. The first-order chi connectivity index (χ1) is 31.8. The molecule has 0 saturated carbocycles. The Morgan fingerprint density at radius 3 is 1.39 bits per heavy atom. The predicted octanol–water partition coefficient (Wildman–Crippen LogP) is 15.5. The largest absolute Gasteiger partial charge is 0.309 e. The molecule has 0 atom stereocenters. The van der Waals surface area contributed by atoms with E-state index in [2.05, 4.69) is 252 Å². The lowest BCUT2D eigenvalue weighted by molar-refractivity contribution is 0.757. The van der Waals surface area contributed by atoms with Crippen molar-refractivity contribution in [3.05, 3.63) is 276 Å². The molecule has 0 unspecified atom stereocenters. The molecule has 13 rings (SSSR count). The average Bonchev–Trinajstić information content (AvgIpc) is 3.99. The van der Waals surface area contributed by atoms with Gasteiger partial charge in [-0.05, 0) is 123 Å². The molecule has 1 aliphatic rings. The molecule has 0 saturated heterocycles. The van der Waals surface area contributed by atoms with Crippen LogP contribution in [0, 0.1) is 0 Å². The van der Waals surface area contributed by atoms with Crippen LogP contribution in [-0.4, -0.2) is 9.13 Å². The third-order valence-electron chi connectivity index (χ3n) is 13.8. The Morgan fingerprint density at radius 1 is 0.328 bits per heavy atom. The van der Waals surface area contributed by atoms with Crippen LogP contribution >= 0.6 is 0 Å². The number of hydrogen-bond acceptors (Lipinski definition) is 0. The maximum atomic E-state index is 2.43. The molecule has 0 aliphatic heterocycles. The molecule has 2 aromatic heterocycles. The maximum absolute atomic E-state index is 2.43. The molecule has 0 fully saturated rings. The molecular weight excluding hydrogens is 773 g/mol. The highest BCUT2D eigenvalue weighted by molar-refractivity contribution is 6.12. The number of benzene rings is 10. The highest BCUT2D eigenvalue weighted by Crippen LogP contribution is 2.57. The second kappa shape index (κ2) is 14.4. The summed E-state index contributed by atoms with van der Waals surface area (Å²) < 4.78 is 4.81. The Morgan fingerprint density at radius 2 is 0.797 bits per heavy atom. The van der Waals surface area contributed by atoms with Crippen LogP contribution in [-0.2, 0) is 11.8 Å². The number of para-hydroxylation sites is 3. The van der Waals surface area contributed by atoms with Crippen LogP contribution in [0.3, 0.4) is 0 Å². The molecule has 2 heterocycles. The van der Waals surface area contributed by atoms with Gasteiger partial charge >= 0.3 is 0 Å². The van der Waals surface area contributed by atoms with Crippen molar-refractivity contribution in [2.75, 3.05) is 0 Å². The number of nitrogens with zero attached hydrogens (tertiary/aromatic N) is 2. The van der Waals surface area contributed by atoms with E-state index in [1.807, 2.05) is 0 Å². The quantitative estimate of drug-likeness (QED) is 0.152. The smallest absolute Gasteiger partial charge is 0.0716 e. The topological polar surface area (TPSA) is 9.86 Å². The number of aromatic nitrogens is 2. The number of fused-ring (bicyclic) bond motifs is 9. The fraction of sp³-hybridized carbons (Fsp3) is 0.0323. The minimum atomic E-state index is -0.431. The fourth-order valence-electron chi connectivity index (χ4n) is 11.2. The van der Waals surface area contributed by atoms with E-state index in [0.717, 1.165) is 12.1 Å². The van der Waals surface area contributed by atoms with Gasteiger partial charge in [-0.3, -0.25) is 0 Å². The lowest BCUT2D eigenvalue weighted by Gasteiger charge is -2.35. The van der Waals surface area contributed by atoms with Crippen molar-refractivity contribution in [1.29, 1.82) is 0 Å². The standard InChI is InChI=1S/C62H42N2/c1-4-18-46(19-5-1)62(47-20-6-2-7-21-47)56-28-13-10-24-50(56)53-27-16-17-45(61(53)62)39-42-31-35-49(36-32-42)64-58-30-15-12-26-52(58)55-41-44(34-38-60(55)64)43-33-37-59-54(40-43)51-25-11-14-29-57(51)63(59)48-22-8-3-9-23-48/h1-38,40-41H,39H2. The van der Waals surface area contributed by atoms with Crippen LogP contribution in [0.1, 0.15) is 33.4 Å². The van der Waals surface area contributed by atoms with Gasteiger partial charge in [-0.1, -0.05) is 182 Å². The summed E-state index contributed by atoms with van der Waals surface area (Å²) in [7, 11) is 0. The Kier molecular flexibility index (Phi) is 8.23. The van der Waals surface area contributed by atoms with Gasteiger partial charge in [0.2, 0.25) is 0 Å². The van der Waals surface area contributed by atoms with Gasteiger partial charge < -0.3 is 9.13 Å². The molecule has 12 aromatic rings. The average molecular weight is 815 g/mol.